The molecule has 1 fully saturated rings. The molecule has 5 heteroatoms. The Hall–Kier alpha value is -1.85. The van der Waals surface area contributed by atoms with E-state index in [1.165, 1.54) is 10.5 Å². The molecule has 2 aromatic rings. The second-order valence-corrected chi connectivity index (χ2v) is 5.39. The number of thiocarbonyl (C=S) groups is 1. The summed E-state index contributed by atoms with van der Waals surface area (Å²) in [6.45, 7) is 3.44. The van der Waals surface area contributed by atoms with Gasteiger partial charge in [0.2, 0.25) is 0 Å². The molecule has 20 heavy (non-hydrogen) atoms. The number of rotatable bonds is 4. The minimum Gasteiger partial charge on any atom is -0.463 e. The van der Waals surface area contributed by atoms with Crippen molar-refractivity contribution in [2.45, 2.75) is 13.1 Å². The van der Waals surface area contributed by atoms with Crippen molar-refractivity contribution in [3.63, 3.8) is 0 Å². The lowest BCUT2D eigenvalue weighted by Gasteiger charge is -2.34. The van der Waals surface area contributed by atoms with Crippen molar-refractivity contribution in [2.75, 3.05) is 13.3 Å². The first kappa shape index (κ1) is 13.1. The van der Waals surface area contributed by atoms with Gasteiger partial charge >= 0.3 is 0 Å². The number of hydrogen-bond acceptors (Lipinski definition) is 2. The SMILES string of the molecule is S=C1NC[NH+](Cc2ccco2)CN1Cc1ccccc1. The molecule has 2 heterocycles. The van der Waals surface area contributed by atoms with Gasteiger partial charge in [0, 0.05) is 0 Å². The van der Waals surface area contributed by atoms with Gasteiger partial charge in [0.05, 0.1) is 12.8 Å². The topological polar surface area (TPSA) is 32.9 Å². The summed E-state index contributed by atoms with van der Waals surface area (Å²) in [4.78, 5) is 3.59. The van der Waals surface area contributed by atoms with Crippen molar-refractivity contribution >= 4 is 17.3 Å². The Labute approximate surface area is 124 Å². The van der Waals surface area contributed by atoms with Crippen LogP contribution in [0.25, 0.3) is 0 Å². The summed E-state index contributed by atoms with van der Waals surface area (Å²) in [6, 6.07) is 14.4. The predicted octanol–water partition coefficient (Wildman–Crippen LogP) is 0.970. The van der Waals surface area contributed by atoms with E-state index in [1.54, 1.807) is 6.26 Å². The van der Waals surface area contributed by atoms with Crippen molar-refractivity contribution in [1.29, 1.82) is 0 Å². The molecule has 4 nitrogen and oxygen atoms in total. The first-order valence-corrected chi connectivity index (χ1v) is 7.15. The van der Waals surface area contributed by atoms with E-state index >= 15 is 0 Å². The van der Waals surface area contributed by atoms with E-state index in [0.29, 0.717) is 0 Å². The largest absolute Gasteiger partial charge is 0.463 e. The third-order valence-corrected chi connectivity index (χ3v) is 3.81. The summed E-state index contributed by atoms with van der Waals surface area (Å²) >= 11 is 5.41. The molecule has 0 bridgehead atoms. The van der Waals surface area contributed by atoms with Gasteiger partial charge in [-0.3, -0.25) is 9.80 Å². The van der Waals surface area contributed by atoms with Crippen LogP contribution in [0.2, 0.25) is 0 Å². The molecule has 104 valence electrons. The molecule has 1 aromatic heterocycles. The lowest BCUT2D eigenvalue weighted by Crippen LogP contribution is -3.15. The first-order valence-electron chi connectivity index (χ1n) is 6.74. The summed E-state index contributed by atoms with van der Waals surface area (Å²) < 4.78 is 5.42. The maximum Gasteiger partial charge on any atom is 0.177 e. The molecule has 0 aliphatic carbocycles. The Kier molecular flexibility index (Phi) is 3.99. The predicted molar refractivity (Wildman–Crippen MR) is 80.8 cm³/mol. The molecule has 3 rings (SSSR count). The van der Waals surface area contributed by atoms with Crippen LogP contribution in [0.1, 0.15) is 11.3 Å². The number of nitrogens with one attached hydrogen (secondary N) is 2. The van der Waals surface area contributed by atoms with E-state index in [-0.39, 0.29) is 0 Å². The molecule has 0 saturated carbocycles. The zero-order valence-corrected chi connectivity index (χ0v) is 12.0. The molecule has 0 amide bonds. The summed E-state index contributed by atoms with van der Waals surface area (Å²) in [5.74, 6) is 1.01. The highest BCUT2D eigenvalue weighted by Crippen LogP contribution is 2.05. The van der Waals surface area contributed by atoms with Crippen LogP contribution in [0.15, 0.2) is 53.1 Å². The Bertz CT molecular complexity index is 556. The maximum atomic E-state index is 5.42. The number of hydrogen-bond donors (Lipinski definition) is 2. The molecule has 1 atom stereocenters. The van der Waals surface area contributed by atoms with Crippen LogP contribution < -0.4 is 10.2 Å². The average molecular weight is 288 g/mol. The average Bonchev–Trinajstić information content (AvgIpc) is 2.97. The summed E-state index contributed by atoms with van der Waals surface area (Å²) in [6.07, 6.45) is 1.72. The minimum absolute atomic E-state index is 0.831. The van der Waals surface area contributed by atoms with Crippen LogP contribution in [0.5, 0.6) is 0 Å². The number of quaternary nitrogens is 1. The fourth-order valence-electron chi connectivity index (χ4n) is 2.42. The molecule has 1 aliphatic heterocycles. The third kappa shape index (κ3) is 3.18. The zero-order chi connectivity index (χ0) is 13.8. The van der Waals surface area contributed by atoms with Crippen molar-refractivity contribution in [2.24, 2.45) is 0 Å². The monoisotopic (exact) mass is 288 g/mol. The van der Waals surface area contributed by atoms with Crippen molar-refractivity contribution in [3.05, 3.63) is 60.1 Å². The molecule has 1 saturated heterocycles. The third-order valence-electron chi connectivity index (χ3n) is 3.41. The van der Waals surface area contributed by atoms with Gasteiger partial charge in [-0.05, 0) is 29.9 Å². The highest BCUT2D eigenvalue weighted by molar-refractivity contribution is 7.80. The van der Waals surface area contributed by atoms with E-state index < -0.39 is 0 Å². The molecule has 0 spiro atoms. The molecule has 2 N–H and O–H groups in total. The van der Waals surface area contributed by atoms with Crippen LogP contribution in [-0.2, 0) is 13.1 Å². The van der Waals surface area contributed by atoms with Crippen LogP contribution >= 0.6 is 12.2 Å². The van der Waals surface area contributed by atoms with Gasteiger partial charge in [0.15, 0.2) is 24.2 Å². The zero-order valence-electron chi connectivity index (χ0n) is 11.2. The van der Waals surface area contributed by atoms with E-state index in [4.69, 9.17) is 16.6 Å². The first-order chi connectivity index (χ1) is 9.81. The van der Waals surface area contributed by atoms with E-state index in [0.717, 1.165) is 37.3 Å². The lowest BCUT2D eigenvalue weighted by atomic mass is 10.2. The fourth-order valence-corrected chi connectivity index (χ4v) is 2.62. The second-order valence-electron chi connectivity index (χ2n) is 5.01. The normalized spacial score (nSPS) is 18.9. The quantitative estimate of drug-likeness (QED) is 0.821. The van der Waals surface area contributed by atoms with Gasteiger partial charge in [0.1, 0.15) is 6.54 Å². The van der Waals surface area contributed by atoms with Gasteiger partial charge in [0.25, 0.3) is 0 Å². The summed E-state index contributed by atoms with van der Waals surface area (Å²) in [5.41, 5.74) is 1.27. The van der Waals surface area contributed by atoms with Gasteiger partial charge in [-0.15, -0.1) is 0 Å². The minimum atomic E-state index is 0.831. The van der Waals surface area contributed by atoms with Gasteiger partial charge in [-0.25, -0.2) is 0 Å². The smallest absolute Gasteiger partial charge is 0.177 e. The highest BCUT2D eigenvalue weighted by atomic mass is 32.1. The molecular formula is C15H18N3OS+. The maximum absolute atomic E-state index is 5.42. The number of nitrogens with zero attached hydrogens (tertiary/aromatic N) is 1. The Balaban J connectivity index is 1.63. The van der Waals surface area contributed by atoms with Crippen LogP contribution in [0, 0.1) is 0 Å². The van der Waals surface area contributed by atoms with E-state index in [9.17, 15) is 0 Å². The Morgan fingerprint density at radius 1 is 1.20 bits per heavy atom. The van der Waals surface area contributed by atoms with E-state index in [2.05, 4.69) is 34.5 Å². The van der Waals surface area contributed by atoms with Crippen molar-refractivity contribution < 1.29 is 9.32 Å². The lowest BCUT2D eigenvalue weighted by molar-refractivity contribution is -0.928. The number of furan rings is 1. The van der Waals surface area contributed by atoms with Gasteiger partial charge in [-0.1, -0.05) is 30.3 Å². The van der Waals surface area contributed by atoms with Crippen LogP contribution in [-0.4, -0.2) is 23.3 Å². The Morgan fingerprint density at radius 2 is 2.05 bits per heavy atom. The molecule has 0 radical (unpaired) electrons. The fraction of sp³-hybridized carbons (Fsp3) is 0.267. The van der Waals surface area contributed by atoms with Gasteiger partial charge in [-0.2, -0.15) is 0 Å². The second kappa shape index (κ2) is 6.07. The number of benzene rings is 1. The molecule has 1 aromatic carbocycles. The molecule has 1 unspecified atom stereocenters. The Morgan fingerprint density at radius 3 is 2.80 bits per heavy atom. The van der Waals surface area contributed by atoms with E-state index in [1.807, 2.05) is 18.2 Å². The molecular weight excluding hydrogens is 270 g/mol. The standard InChI is InChI=1S/C15H17N3OS/c20-15-16-11-17(10-14-7-4-8-19-14)12-18(15)9-13-5-2-1-3-6-13/h1-8H,9-12H2,(H,16,20)/p+1. The summed E-state index contributed by atoms with van der Waals surface area (Å²) in [7, 11) is 0. The van der Waals surface area contributed by atoms with Crippen LogP contribution in [0.3, 0.4) is 0 Å². The van der Waals surface area contributed by atoms with Crippen molar-refractivity contribution in [1.82, 2.24) is 10.2 Å². The van der Waals surface area contributed by atoms with Gasteiger partial charge < -0.3 is 9.73 Å². The summed E-state index contributed by atoms with van der Waals surface area (Å²) in [5, 5.41) is 4.12. The van der Waals surface area contributed by atoms with Crippen molar-refractivity contribution in [3.8, 4) is 0 Å². The molecule has 1 aliphatic rings. The van der Waals surface area contributed by atoms with Crippen LogP contribution in [0.4, 0.5) is 0 Å². The highest BCUT2D eigenvalue weighted by Gasteiger charge is 2.24.